The third-order valence-corrected chi connectivity index (χ3v) is 5.49. The highest BCUT2D eigenvalue weighted by atomic mass is 16.2. The van der Waals surface area contributed by atoms with Gasteiger partial charge in [0.15, 0.2) is 0 Å². The number of hydrogen-bond acceptors (Lipinski definition) is 3. The zero-order chi connectivity index (χ0) is 18.5. The summed E-state index contributed by atoms with van der Waals surface area (Å²) in [6, 6.07) is 12.6. The molecule has 1 aliphatic rings. The van der Waals surface area contributed by atoms with Crippen LogP contribution in [0, 0.1) is 12.8 Å². The Morgan fingerprint density at radius 2 is 1.96 bits per heavy atom. The van der Waals surface area contributed by atoms with Gasteiger partial charge in [0.25, 0.3) is 0 Å². The standard InChI is InChI=1S/C21H30N4O/c1-16-13-20(24(3)23-16)15-22-21(26)17(2)25-11-9-19(10-12-25)14-18-7-5-4-6-8-18/h4-8,13,17,19H,9-12,14-15H2,1-3H3,(H,22,26). The van der Waals surface area contributed by atoms with Gasteiger partial charge < -0.3 is 5.32 Å². The fraction of sp³-hybridized carbons (Fsp3) is 0.524. The number of amides is 1. The van der Waals surface area contributed by atoms with E-state index in [0.717, 1.165) is 49.7 Å². The SMILES string of the molecule is Cc1cc(CNC(=O)C(C)N2CCC(Cc3ccccc3)CC2)n(C)n1. The quantitative estimate of drug-likeness (QED) is 0.868. The van der Waals surface area contributed by atoms with Crippen LogP contribution in [-0.4, -0.2) is 39.7 Å². The molecule has 1 amide bonds. The lowest BCUT2D eigenvalue weighted by Gasteiger charge is -2.35. The molecule has 26 heavy (non-hydrogen) atoms. The van der Waals surface area contributed by atoms with Gasteiger partial charge in [-0.2, -0.15) is 5.10 Å². The van der Waals surface area contributed by atoms with Crippen LogP contribution in [0.15, 0.2) is 36.4 Å². The first-order valence-electron chi connectivity index (χ1n) is 9.58. The molecular formula is C21H30N4O. The fourth-order valence-electron chi connectivity index (χ4n) is 3.81. The van der Waals surface area contributed by atoms with Gasteiger partial charge in [0, 0.05) is 7.05 Å². The number of benzene rings is 1. The maximum Gasteiger partial charge on any atom is 0.237 e. The number of nitrogens with one attached hydrogen (secondary N) is 1. The Labute approximate surface area is 156 Å². The van der Waals surface area contributed by atoms with E-state index in [4.69, 9.17) is 0 Å². The molecule has 5 heteroatoms. The molecule has 2 heterocycles. The van der Waals surface area contributed by atoms with Crippen LogP contribution in [0.3, 0.4) is 0 Å². The highest BCUT2D eigenvalue weighted by molar-refractivity contribution is 5.81. The highest BCUT2D eigenvalue weighted by Gasteiger charge is 2.26. The third kappa shape index (κ3) is 4.73. The molecule has 1 N–H and O–H groups in total. The average Bonchev–Trinajstić information content (AvgIpc) is 2.98. The molecule has 1 atom stereocenters. The number of piperidine rings is 1. The molecule has 140 valence electrons. The summed E-state index contributed by atoms with van der Waals surface area (Å²) in [5.74, 6) is 0.826. The molecule has 3 rings (SSSR count). The van der Waals surface area contributed by atoms with E-state index in [1.54, 1.807) is 0 Å². The molecule has 2 aromatic rings. The predicted molar refractivity (Wildman–Crippen MR) is 104 cm³/mol. The lowest BCUT2D eigenvalue weighted by molar-refractivity contribution is -0.126. The van der Waals surface area contributed by atoms with Gasteiger partial charge in [-0.3, -0.25) is 14.4 Å². The normalized spacial score (nSPS) is 17.2. The van der Waals surface area contributed by atoms with Crippen molar-refractivity contribution in [2.75, 3.05) is 13.1 Å². The first-order chi connectivity index (χ1) is 12.5. The van der Waals surface area contributed by atoms with Gasteiger partial charge in [0.2, 0.25) is 5.91 Å². The van der Waals surface area contributed by atoms with Crippen LogP contribution in [0.1, 0.15) is 36.7 Å². The molecule has 1 saturated heterocycles. The van der Waals surface area contributed by atoms with Gasteiger partial charge in [0.05, 0.1) is 24.0 Å². The molecule has 0 bridgehead atoms. The van der Waals surface area contributed by atoms with E-state index >= 15 is 0 Å². The summed E-state index contributed by atoms with van der Waals surface area (Å²) in [5, 5.41) is 7.38. The monoisotopic (exact) mass is 354 g/mol. The van der Waals surface area contributed by atoms with Crippen molar-refractivity contribution in [1.29, 1.82) is 0 Å². The lowest BCUT2D eigenvalue weighted by Crippen LogP contribution is -2.48. The number of carbonyl (C=O) groups excluding carboxylic acids is 1. The molecule has 1 fully saturated rings. The Bertz CT molecular complexity index is 717. The molecule has 0 radical (unpaired) electrons. The topological polar surface area (TPSA) is 50.2 Å². The van der Waals surface area contributed by atoms with Crippen molar-refractivity contribution in [1.82, 2.24) is 20.0 Å². The van der Waals surface area contributed by atoms with Crippen LogP contribution in [0.4, 0.5) is 0 Å². The second-order valence-corrected chi connectivity index (χ2v) is 7.46. The molecule has 1 aliphatic heterocycles. The summed E-state index contributed by atoms with van der Waals surface area (Å²) in [6.45, 7) is 6.51. The maximum absolute atomic E-state index is 12.5. The Morgan fingerprint density at radius 3 is 2.58 bits per heavy atom. The second-order valence-electron chi connectivity index (χ2n) is 7.46. The van der Waals surface area contributed by atoms with Gasteiger partial charge in [-0.05, 0) is 63.7 Å². The van der Waals surface area contributed by atoms with Crippen molar-refractivity contribution >= 4 is 5.91 Å². The summed E-state index contributed by atoms with van der Waals surface area (Å²) in [6.07, 6.45) is 3.47. The second kappa shape index (κ2) is 8.49. The van der Waals surface area contributed by atoms with Gasteiger partial charge in [-0.1, -0.05) is 30.3 Å². The lowest BCUT2D eigenvalue weighted by atomic mass is 9.89. The Hall–Kier alpha value is -2.14. The number of aromatic nitrogens is 2. The van der Waals surface area contributed by atoms with Crippen LogP contribution in [0.5, 0.6) is 0 Å². The van der Waals surface area contributed by atoms with E-state index in [-0.39, 0.29) is 11.9 Å². The third-order valence-electron chi connectivity index (χ3n) is 5.49. The number of likely N-dealkylation sites (tertiary alicyclic amines) is 1. The van der Waals surface area contributed by atoms with Crippen molar-refractivity contribution in [3.8, 4) is 0 Å². The summed E-state index contributed by atoms with van der Waals surface area (Å²) < 4.78 is 1.83. The zero-order valence-corrected chi connectivity index (χ0v) is 16.1. The first-order valence-corrected chi connectivity index (χ1v) is 9.58. The Morgan fingerprint density at radius 1 is 1.27 bits per heavy atom. The van der Waals surface area contributed by atoms with E-state index < -0.39 is 0 Å². The van der Waals surface area contributed by atoms with Gasteiger partial charge >= 0.3 is 0 Å². The molecule has 1 aromatic heterocycles. The molecular weight excluding hydrogens is 324 g/mol. The van der Waals surface area contributed by atoms with Crippen LogP contribution in [0.25, 0.3) is 0 Å². The van der Waals surface area contributed by atoms with E-state index in [9.17, 15) is 4.79 Å². The molecule has 0 aliphatic carbocycles. The number of rotatable bonds is 6. The smallest absolute Gasteiger partial charge is 0.237 e. The van der Waals surface area contributed by atoms with Crippen molar-refractivity contribution < 1.29 is 4.79 Å². The van der Waals surface area contributed by atoms with E-state index in [0.29, 0.717) is 6.54 Å². The summed E-state index contributed by atoms with van der Waals surface area (Å²) >= 11 is 0. The molecule has 5 nitrogen and oxygen atoms in total. The van der Waals surface area contributed by atoms with Crippen LogP contribution >= 0.6 is 0 Å². The van der Waals surface area contributed by atoms with Crippen molar-refractivity contribution in [3.63, 3.8) is 0 Å². The summed E-state index contributed by atoms with van der Waals surface area (Å²) in [7, 11) is 1.91. The number of nitrogens with zero attached hydrogens (tertiary/aromatic N) is 3. The van der Waals surface area contributed by atoms with Crippen LogP contribution in [0.2, 0.25) is 0 Å². The van der Waals surface area contributed by atoms with Gasteiger partial charge in [0.1, 0.15) is 0 Å². The van der Waals surface area contributed by atoms with Crippen LogP contribution < -0.4 is 5.32 Å². The molecule has 0 spiro atoms. The number of hydrogen-bond donors (Lipinski definition) is 1. The van der Waals surface area contributed by atoms with Crippen LogP contribution in [-0.2, 0) is 24.8 Å². The zero-order valence-electron chi connectivity index (χ0n) is 16.1. The maximum atomic E-state index is 12.5. The number of carbonyl (C=O) groups is 1. The van der Waals surface area contributed by atoms with E-state index in [1.165, 1.54) is 5.56 Å². The van der Waals surface area contributed by atoms with Gasteiger partial charge in [-0.15, -0.1) is 0 Å². The largest absolute Gasteiger partial charge is 0.349 e. The fourth-order valence-corrected chi connectivity index (χ4v) is 3.81. The van der Waals surface area contributed by atoms with Crippen molar-refractivity contribution in [2.45, 2.75) is 45.7 Å². The van der Waals surface area contributed by atoms with Crippen molar-refractivity contribution in [2.24, 2.45) is 13.0 Å². The molecule has 1 aromatic carbocycles. The number of aryl methyl sites for hydroxylation is 2. The summed E-state index contributed by atoms with van der Waals surface area (Å²) in [4.78, 5) is 14.8. The molecule has 0 saturated carbocycles. The molecule has 1 unspecified atom stereocenters. The van der Waals surface area contributed by atoms with E-state index in [2.05, 4.69) is 45.6 Å². The van der Waals surface area contributed by atoms with Gasteiger partial charge in [-0.25, -0.2) is 0 Å². The van der Waals surface area contributed by atoms with E-state index in [1.807, 2.05) is 31.6 Å². The minimum Gasteiger partial charge on any atom is -0.349 e. The summed E-state index contributed by atoms with van der Waals surface area (Å²) in [5.41, 5.74) is 3.43. The Kier molecular flexibility index (Phi) is 6.09. The minimum absolute atomic E-state index is 0.0815. The Balaban J connectivity index is 1.44. The first kappa shape index (κ1) is 18.6. The highest BCUT2D eigenvalue weighted by Crippen LogP contribution is 2.23. The average molecular weight is 354 g/mol. The predicted octanol–water partition coefficient (Wildman–Crippen LogP) is 2.69. The van der Waals surface area contributed by atoms with Crippen molar-refractivity contribution in [3.05, 3.63) is 53.3 Å². The minimum atomic E-state index is -0.0815.